The zero-order valence-corrected chi connectivity index (χ0v) is 14.5. The molecule has 1 aromatic heterocycles. The van der Waals surface area contributed by atoms with Crippen molar-refractivity contribution in [1.82, 2.24) is 20.1 Å². The number of benzene rings is 1. The van der Waals surface area contributed by atoms with Gasteiger partial charge in [0, 0.05) is 30.9 Å². The van der Waals surface area contributed by atoms with Crippen molar-refractivity contribution in [3.8, 4) is 0 Å². The van der Waals surface area contributed by atoms with Gasteiger partial charge in [0.15, 0.2) is 0 Å². The molecule has 6 nitrogen and oxygen atoms in total. The maximum absolute atomic E-state index is 12.2. The summed E-state index contributed by atoms with van der Waals surface area (Å²) in [6, 6.07) is 7.91. The minimum Gasteiger partial charge on any atom is -0.372 e. The third-order valence-electron chi connectivity index (χ3n) is 4.42. The molecule has 1 N–H and O–H groups in total. The Hall–Kier alpha value is -2.37. The lowest BCUT2D eigenvalue weighted by molar-refractivity contribution is 0.0952. The average Bonchev–Trinajstić information content (AvgIpc) is 2.93. The summed E-state index contributed by atoms with van der Waals surface area (Å²) in [5.74, 6) is 1.58. The highest BCUT2D eigenvalue weighted by Crippen LogP contribution is 2.20. The molecule has 1 amide bonds. The largest absolute Gasteiger partial charge is 0.372 e. The van der Waals surface area contributed by atoms with Crippen molar-refractivity contribution in [3.05, 3.63) is 41.5 Å². The summed E-state index contributed by atoms with van der Waals surface area (Å²) < 4.78 is 1.81. The van der Waals surface area contributed by atoms with Crippen LogP contribution < -0.4 is 10.2 Å². The first-order valence-corrected chi connectivity index (χ1v) is 8.65. The van der Waals surface area contributed by atoms with Crippen molar-refractivity contribution in [2.75, 3.05) is 24.5 Å². The third-order valence-corrected chi connectivity index (χ3v) is 4.42. The van der Waals surface area contributed by atoms with Crippen LogP contribution in [0.2, 0.25) is 0 Å². The molecule has 3 rings (SSSR count). The number of hydrogen-bond acceptors (Lipinski definition) is 4. The summed E-state index contributed by atoms with van der Waals surface area (Å²) in [5, 5.41) is 7.23. The molecule has 1 aliphatic rings. The highest BCUT2D eigenvalue weighted by molar-refractivity contribution is 5.94. The van der Waals surface area contributed by atoms with Gasteiger partial charge in [-0.05, 0) is 57.4 Å². The van der Waals surface area contributed by atoms with E-state index in [-0.39, 0.29) is 5.91 Å². The van der Waals surface area contributed by atoms with E-state index in [1.54, 1.807) is 0 Å². The monoisotopic (exact) mass is 327 g/mol. The maximum atomic E-state index is 12.2. The number of piperidine rings is 1. The van der Waals surface area contributed by atoms with E-state index < -0.39 is 0 Å². The van der Waals surface area contributed by atoms with Crippen molar-refractivity contribution >= 4 is 11.6 Å². The first-order valence-electron chi connectivity index (χ1n) is 8.65. The normalized spacial score (nSPS) is 14.7. The molecule has 1 saturated heterocycles. The fraction of sp³-hybridized carbons (Fsp3) is 0.500. The Labute approximate surface area is 142 Å². The number of aromatic nitrogens is 3. The molecule has 1 aliphatic heterocycles. The molecule has 0 unspecified atom stereocenters. The maximum Gasteiger partial charge on any atom is 0.251 e. The van der Waals surface area contributed by atoms with E-state index in [0.717, 1.165) is 24.7 Å². The van der Waals surface area contributed by atoms with Crippen LogP contribution in [0.25, 0.3) is 0 Å². The van der Waals surface area contributed by atoms with E-state index in [1.807, 2.05) is 42.8 Å². The number of hydrogen-bond donors (Lipinski definition) is 1. The van der Waals surface area contributed by atoms with Crippen LogP contribution in [-0.4, -0.2) is 40.3 Å². The van der Waals surface area contributed by atoms with Gasteiger partial charge in [-0.1, -0.05) is 0 Å². The van der Waals surface area contributed by atoms with Gasteiger partial charge in [-0.2, -0.15) is 5.10 Å². The molecular formula is C18H25N5O. The van der Waals surface area contributed by atoms with Crippen LogP contribution in [0.4, 0.5) is 5.69 Å². The van der Waals surface area contributed by atoms with E-state index in [9.17, 15) is 4.79 Å². The van der Waals surface area contributed by atoms with Gasteiger partial charge in [-0.25, -0.2) is 9.67 Å². The molecule has 2 aromatic rings. The second-order valence-corrected chi connectivity index (χ2v) is 6.28. The summed E-state index contributed by atoms with van der Waals surface area (Å²) in [5.41, 5.74) is 1.90. The molecule has 0 radical (unpaired) electrons. The Morgan fingerprint density at radius 1 is 1.12 bits per heavy atom. The molecule has 2 heterocycles. The van der Waals surface area contributed by atoms with Crippen molar-refractivity contribution in [1.29, 1.82) is 0 Å². The highest BCUT2D eigenvalue weighted by Gasteiger charge is 2.12. The molecule has 1 fully saturated rings. The predicted molar refractivity (Wildman–Crippen MR) is 94.3 cm³/mol. The molecule has 0 spiro atoms. The first-order chi connectivity index (χ1) is 11.6. The number of carbonyl (C=O) groups excluding carboxylic acids is 1. The standard InChI is InChI=1S/C18H25N5O/c1-14-20-15(2)23(21-14)13-10-19-18(24)16-6-8-17(9-7-16)22-11-4-3-5-12-22/h6-9H,3-5,10-13H2,1-2H3,(H,19,24). The number of anilines is 1. The van der Waals surface area contributed by atoms with E-state index in [2.05, 4.69) is 20.3 Å². The number of rotatable bonds is 5. The minimum absolute atomic E-state index is 0.0466. The zero-order valence-electron chi connectivity index (χ0n) is 14.5. The molecule has 0 bridgehead atoms. The van der Waals surface area contributed by atoms with Crippen LogP contribution in [0.3, 0.4) is 0 Å². The van der Waals surface area contributed by atoms with Gasteiger partial charge in [0.25, 0.3) is 5.91 Å². The number of aryl methyl sites for hydroxylation is 2. The number of nitrogens with one attached hydrogen (secondary N) is 1. The van der Waals surface area contributed by atoms with Gasteiger partial charge >= 0.3 is 0 Å². The van der Waals surface area contributed by atoms with E-state index in [0.29, 0.717) is 18.7 Å². The Morgan fingerprint density at radius 2 is 1.83 bits per heavy atom. The Kier molecular flexibility index (Phi) is 5.13. The van der Waals surface area contributed by atoms with Crippen LogP contribution in [0.15, 0.2) is 24.3 Å². The van der Waals surface area contributed by atoms with Crippen LogP contribution in [-0.2, 0) is 6.54 Å². The summed E-state index contributed by atoms with van der Waals surface area (Å²) in [6.45, 7) is 7.18. The van der Waals surface area contributed by atoms with Crippen LogP contribution in [0.1, 0.15) is 41.3 Å². The van der Waals surface area contributed by atoms with Crippen molar-refractivity contribution in [2.24, 2.45) is 0 Å². The molecule has 6 heteroatoms. The third kappa shape index (κ3) is 3.93. The van der Waals surface area contributed by atoms with Gasteiger partial charge in [0.1, 0.15) is 11.6 Å². The zero-order chi connectivity index (χ0) is 16.9. The molecule has 128 valence electrons. The number of amides is 1. The van der Waals surface area contributed by atoms with Gasteiger partial charge in [-0.3, -0.25) is 4.79 Å². The topological polar surface area (TPSA) is 63.1 Å². The highest BCUT2D eigenvalue weighted by atomic mass is 16.1. The molecule has 24 heavy (non-hydrogen) atoms. The Bertz CT molecular complexity index is 686. The molecule has 0 atom stereocenters. The quantitative estimate of drug-likeness (QED) is 0.915. The van der Waals surface area contributed by atoms with E-state index >= 15 is 0 Å². The summed E-state index contributed by atoms with van der Waals surface area (Å²) >= 11 is 0. The van der Waals surface area contributed by atoms with Gasteiger partial charge in [0.2, 0.25) is 0 Å². The Balaban J connectivity index is 1.52. The van der Waals surface area contributed by atoms with Gasteiger partial charge in [0.05, 0.1) is 6.54 Å². The van der Waals surface area contributed by atoms with Gasteiger partial charge in [-0.15, -0.1) is 0 Å². The predicted octanol–water partition coefficient (Wildman–Crippen LogP) is 2.32. The first kappa shape index (κ1) is 16.5. The Morgan fingerprint density at radius 3 is 2.46 bits per heavy atom. The molecular weight excluding hydrogens is 302 g/mol. The van der Waals surface area contributed by atoms with Crippen molar-refractivity contribution < 1.29 is 4.79 Å². The number of nitrogens with zero attached hydrogens (tertiary/aromatic N) is 4. The van der Waals surface area contributed by atoms with Crippen LogP contribution >= 0.6 is 0 Å². The van der Waals surface area contributed by atoms with E-state index in [1.165, 1.54) is 24.9 Å². The number of carbonyl (C=O) groups is 1. The lowest BCUT2D eigenvalue weighted by Crippen LogP contribution is -2.30. The second-order valence-electron chi connectivity index (χ2n) is 6.28. The fourth-order valence-corrected chi connectivity index (χ4v) is 3.13. The lowest BCUT2D eigenvalue weighted by Gasteiger charge is -2.28. The molecule has 0 aliphatic carbocycles. The molecule has 1 aromatic carbocycles. The van der Waals surface area contributed by atoms with Crippen molar-refractivity contribution in [3.63, 3.8) is 0 Å². The van der Waals surface area contributed by atoms with Crippen LogP contribution in [0.5, 0.6) is 0 Å². The summed E-state index contributed by atoms with van der Waals surface area (Å²) in [6.07, 6.45) is 3.83. The SMILES string of the molecule is Cc1nc(C)n(CCNC(=O)c2ccc(N3CCCCC3)cc2)n1. The summed E-state index contributed by atoms with van der Waals surface area (Å²) in [4.78, 5) is 18.9. The van der Waals surface area contributed by atoms with Crippen molar-refractivity contribution in [2.45, 2.75) is 39.7 Å². The average molecular weight is 327 g/mol. The second kappa shape index (κ2) is 7.47. The fourth-order valence-electron chi connectivity index (χ4n) is 3.13. The smallest absolute Gasteiger partial charge is 0.251 e. The lowest BCUT2D eigenvalue weighted by atomic mass is 10.1. The minimum atomic E-state index is -0.0466. The molecule has 0 saturated carbocycles. The van der Waals surface area contributed by atoms with Gasteiger partial charge < -0.3 is 10.2 Å². The van der Waals surface area contributed by atoms with Crippen LogP contribution in [0, 0.1) is 13.8 Å². The van der Waals surface area contributed by atoms with E-state index in [4.69, 9.17) is 0 Å². The summed E-state index contributed by atoms with van der Waals surface area (Å²) in [7, 11) is 0.